The molecule has 1 aromatic rings. The smallest absolute Gasteiger partial charge is 0.410 e. The molecule has 0 radical (unpaired) electrons. The number of ether oxygens (including phenoxy) is 2. The van der Waals surface area contributed by atoms with Crippen LogP contribution >= 0.6 is 11.6 Å². The lowest BCUT2D eigenvalue weighted by molar-refractivity contribution is -0.114. The van der Waals surface area contributed by atoms with E-state index in [4.69, 9.17) is 26.6 Å². The van der Waals surface area contributed by atoms with Crippen molar-refractivity contribution in [2.45, 2.75) is 64.6 Å². The molecular weight excluding hydrogens is 404 g/mol. The summed E-state index contributed by atoms with van der Waals surface area (Å²) in [5.74, 6) is 0.0725. The number of hydrogen-bond donors (Lipinski definition) is 0. The van der Waals surface area contributed by atoms with E-state index in [9.17, 15) is 4.79 Å². The van der Waals surface area contributed by atoms with E-state index < -0.39 is 11.2 Å². The molecule has 8 heteroatoms. The Morgan fingerprint density at radius 2 is 2.17 bits per heavy atom. The van der Waals surface area contributed by atoms with Crippen LogP contribution in [0.25, 0.3) is 10.4 Å². The van der Waals surface area contributed by atoms with Gasteiger partial charge >= 0.3 is 6.09 Å². The summed E-state index contributed by atoms with van der Waals surface area (Å²) in [6.07, 6.45) is 3.17. The number of benzene rings is 1. The Kier molecular flexibility index (Phi) is 8.83. The van der Waals surface area contributed by atoms with Crippen LogP contribution in [0.5, 0.6) is 0 Å². The van der Waals surface area contributed by atoms with Crippen LogP contribution < -0.4 is 0 Å². The van der Waals surface area contributed by atoms with E-state index in [0.717, 1.165) is 31.2 Å². The second kappa shape index (κ2) is 10.9. The number of hydrogen-bond acceptors (Lipinski definition) is 4. The predicted octanol–water partition coefficient (Wildman–Crippen LogP) is 6.31. The molecule has 2 atom stereocenters. The van der Waals surface area contributed by atoms with Gasteiger partial charge in [0.1, 0.15) is 5.60 Å². The van der Waals surface area contributed by atoms with Gasteiger partial charge in [0.15, 0.2) is 0 Å². The maximum absolute atomic E-state index is 12.7. The number of rotatable bonds is 8. The Balaban J connectivity index is 2.36. The number of carbonyl (C=O) groups excluding carboxylic acids is 1. The fourth-order valence-electron chi connectivity index (χ4n) is 4.14. The molecule has 2 unspecified atom stereocenters. The zero-order valence-electron chi connectivity index (χ0n) is 18.4. The van der Waals surface area contributed by atoms with E-state index in [1.54, 1.807) is 4.90 Å². The van der Waals surface area contributed by atoms with E-state index in [1.807, 2.05) is 45.0 Å². The highest BCUT2D eigenvalue weighted by Crippen LogP contribution is 2.43. The van der Waals surface area contributed by atoms with Crippen molar-refractivity contribution in [1.82, 2.24) is 4.90 Å². The summed E-state index contributed by atoms with van der Waals surface area (Å²) in [5, 5.41) is 4.26. The van der Waals surface area contributed by atoms with Crippen LogP contribution in [0.15, 0.2) is 29.4 Å². The first-order chi connectivity index (χ1) is 14.2. The second-order valence-corrected chi connectivity index (χ2v) is 9.15. The minimum atomic E-state index is -0.620. The molecule has 7 nitrogen and oxygen atoms in total. The minimum Gasteiger partial charge on any atom is -0.444 e. The van der Waals surface area contributed by atoms with Gasteiger partial charge < -0.3 is 14.4 Å². The average Bonchev–Trinajstić information content (AvgIpc) is 2.69. The lowest BCUT2D eigenvalue weighted by atomic mass is 9.74. The Morgan fingerprint density at radius 3 is 2.80 bits per heavy atom. The third-order valence-electron chi connectivity index (χ3n) is 5.28. The van der Waals surface area contributed by atoms with Gasteiger partial charge in [0.25, 0.3) is 0 Å². The van der Waals surface area contributed by atoms with Crippen LogP contribution in [0.3, 0.4) is 0 Å². The molecule has 0 aromatic heterocycles. The van der Waals surface area contributed by atoms with Crippen molar-refractivity contribution < 1.29 is 14.3 Å². The first kappa shape index (κ1) is 24.3. The van der Waals surface area contributed by atoms with Gasteiger partial charge in [-0.25, -0.2) is 4.79 Å². The molecule has 0 aliphatic carbocycles. The van der Waals surface area contributed by atoms with Gasteiger partial charge in [-0.05, 0) is 63.3 Å². The van der Waals surface area contributed by atoms with E-state index in [2.05, 4.69) is 16.9 Å². The topological polar surface area (TPSA) is 87.5 Å². The summed E-state index contributed by atoms with van der Waals surface area (Å²) in [7, 11) is 0. The molecule has 0 bridgehead atoms. The maximum Gasteiger partial charge on any atom is 0.410 e. The fourth-order valence-corrected chi connectivity index (χ4v) is 4.33. The highest BCUT2D eigenvalue weighted by atomic mass is 35.5. The molecular formula is C22H33ClN4O3. The van der Waals surface area contributed by atoms with Gasteiger partial charge in [-0.15, -0.1) is 0 Å². The quantitative estimate of drug-likeness (QED) is 0.207. The number of piperidine rings is 1. The standard InChI is InChI=1S/C22H33ClN4O3/c1-5-11-22(29-14-12-25-26-24,17-8-6-10-19(23)15-17)18-9-7-13-27(16-18)20(28)30-21(2,3)4/h6,8,10,15,18H,5,7,9,11-14,16H2,1-4H3. The highest BCUT2D eigenvalue weighted by molar-refractivity contribution is 6.30. The molecule has 1 amide bonds. The Morgan fingerprint density at radius 1 is 1.40 bits per heavy atom. The summed E-state index contributed by atoms with van der Waals surface area (Å²) < 4.78 is 12.1. The van der Waals surface area contributed by atoms with Gasteiger partial charge in [-0.1, -0.05) is 42.2 Å². The summed E-state index contributed by atoms with van der Waals surface area (Å²) >= 11 is 6.32. The fraction of sp³-hybridized carbons (Fsp3) is 0.682. The van der Waals surface area contributed by atoms with Gasteiger partial charge in [0.05, 0.1) is 12.2 Å². The monoisotopic (exact) mass is 436 g/mol. The summed E-state index contributed by atoms with van der Waals surface area (Å²) in [5.41, 5.74) is 8.45. The number of nitrogens with zero attached hydrogens (tertiary/aromatic N) is 4. The lowest BCUT2D eigenvalue weighted by Crippen LogP contribution is -2.50. The normalized spacial score (nSPS) is 19.0. The molecule has 2 rings (SSSR count). The molecule has 0 spiro atoms. The third-order valence-corrected chi connectivity index (χ3v) is 5.52. The summed E-state index contributed by atoms with van der Waals surface area (Å²) in [4.78, 5) is 17.3. The van der Waals surface area contributed by atoms with Gasteiger partial charge in [0, 0.05) is 35.5 Å². The van der Waals surface area contributed by atoms with Crippen molar-refractivity contribution >= 4 is 17.7 Å². The van der Waals surface area contributed by atoms with Crippen LogP contribution in [0.1, 0.15) is 58.9 Å². The number of azide groups is 1. The van der Waals surface area contributed by atoms with Crippen molar-refractivity contribution in [3.8, 4) is 0 Å². The van der Waals surface area contributed by atoms with Gasteiger partial charge in [0.2, 0.25) is 0 Å². The van der Waals surface area contributed by atoms with Crippen molar-refractivity contribution in [1.29, 1.82) is 0 Å². The van der Waals surface area contributed by atoms with Crippen LogP contribution in [0, 0.1) is 5.92 Å². The van der Waals surface area contributed by atoms with Crippen molar-refractivity contribution in [2.75, 3.05) is 26.2 Å². The minimum absolute atomic E-state index is 0.0725. The molecule has 1 aliphatic heterocycles. The van der Waals surface area contributed by atoms with Gasteiger partial charge in [-0.2, -0.15) is 0 Å². The van der Waals surface area contributed by atoms with Gasteiger partial charge in [-0.3, -0.25) is 0 Å². The van der Waals surface area contributed by atoms with E-state index >= 15 is 0 Å². The zero-order chi connectivity index (χ0) is 22.2. The molecule has 1 saturated heterocycles. The number of amides is 1. The zero-order valence-corrected chi connectivity index (χ0v) is 19.2. The Bertz CT molecular complexity index is 761. The molecule has 30 heavy (non-hydrogen) atoms. The van der Waals surface area contributed by atoms with Crippen LogP contribution in [0.2, 0.25) is 5.02 Å². The Labute approximate surface area is 184 Å². The summed E-state index contributed by atoms with van der Waals surface area (Å²) in [6.45, 7) is 9.51. The van der Waals surface area contributed by atoms with E-state index in [-0.39, 0.29) is 18.6 Å². The molecule has 1 aliphatic rings. The van der Waals surface area contributed by atoms with Crippen molar-refractivity contribution in [2.24, 2.45) is 11.0 Å². The van der Waals surface area contributed by atoms with Crippen LogP contribution in [-0.2, 0) is 15.1 Å². The molecule has 1 aromatic carbocycles. The van der Waals surface area contributed by atoms with Crippen LogP contribution in [0.4, 0.5) is 4.79 Å². The average molecular weight is 437 g/mol. The molecule has 0 saturated carbocycles. The van der Waals surface area contributed by atoms with Crippen molar-refractivity contribution in [3.05, 3.63) is 45.3 Å². The van der Waals surface area contributed by atoms with Crippen molar-refractivity contribution in [3.63, 3.8) is 0 Å². The third kappa shape index (κ3) is 6.53. The number of halogens is 1. The molecule has 0 N–H and O–H groups in total. The maximum atomic E-state index is 12.7. The number of likely N-dealkylation sites (tertiary alicyclic amines) is 1. The molecule has 1 heterocycles. The van der Waals surface area contributed by atoms with E-state index in [1.165, 1.54) is 0 Å². The molecule has 166 valence electrons. The first-order valence-electron chi connectivity index (χ1n) is 10.6. The summed E-state index contributed by atoms with van der Waals surface area (Å²) in [6, 6.07) is 7.74. The van der Waals surface area contributed by atoms with Crippen LogP contribution in [-0.4, -0.2) is 42.8 Å². The van der Waals surface area contributed by atoms with E-state index in [0.29, 0.717) is 24.7 Å². The largest absolute Gasteiger partial charge is 0.444 e. The molecule has 1 fully saturated rings. The lowest BCUT2D eigenvalue weighted by Gasteiger charge is -2.46. The first-order valence-corrected chi connectivity index (χ1v) is 11.0. The SMILES string of the molecule is CCCC(OCCN=[N+]=[N-])(c1cccc(Cl)c1)C1CCCN(C(=O)OC(C)(C)C)C1. The second-order valence-electron chi connectivity index (χ2n) is 8.72. The number of carbonyl (C=O) groups is 1. The highest BCUT2D eigenvalue weighted by Gasteiger charge is 2.44. The Hall–Kier alpha value is -1.95. The predicted molar refractivity (Wildman–Crippen MR) is 119 cm³/mol.